The average molecular weight is 266 g/mol. The molecule has 2 saturated carbocycles. The van der Waals surface area contributed by atoms with Gasteiger partial charge in [-0.05, 0) is 48.5 Å². The van der Waals surface area contributed by atoms with Crippen LogP contribution in [0.5, 0.6) is 0 Å². The van der Waals surface area contributed by atoms with Gasteiger partial charge in [-0.2, -0.15) is 0 Å². The van der Waals surface area contributed by atoms with Crippen LogP contribution in [0.2, 0.25) is 0 Å². The number of rotatable bonds is 2. The number of hydrogen-bond acceptors (Lipinski definition) is 3. The van der Waals surface area contributed by atoms with Gasteiger partial charge in [-0.1, -0.05) is 13.8 Å². The Kier molecular flexibility index (Phi) is 2.64. The SMILES string of the molecule is CC1(C)[C@@H]2C[C@@]3([C@@H](CO)CC[C@@H]13)[C@@H](O)C=C2C(=O)O. The molecule has 106 valence electrons. The highest BCUT2D eigenvalue weighted by atomic mass is 16.4. The van der Waals surface area contributed by atoms with Crippen LogP contribution in [0.25, 0.3) is 0 Å². The molecule has 0 unspecified atom stereocenters. The summed E-state index contributed by atoms with van der Waals surface area (Å²) in [7, 11) is 0. The summed E-state index contributed by atoms with van der Waals surface area (Å²) >= 11 is 0. The molecule has 0 amide bonds. The van der Waals surface area contributed by atoms with Gasteiger partial charge in [-0.15, -0.1) is 0 Å². The van der Waals surface area contributed by atoms with Crippen molar-refractivity contribution in [3.8, 4) is 0 Å². The van der Waals surface area contributed by atoms with Crippen LogP contribution in [0.3, 0.4) is 0 Å². The normalized spacial score (nSPS) is 46.8. The number of carbonyl (C=O) groups is 1. The molecule has 4 heteroatoms. The molecule has 1 spiro atoms. The summed E-state index contributed by atoms with van der Waals surface area (Å²) in [6.07, 6.45) is 3.43. The van der Waals surface area contributed by atoms with E-state index in [9.17, 15) is 20.1 Å². The molecule has 3 aliphatic carbocycles. The van der Waals surface area contributed by atoms with Crippen molar-refractivity contribution in [1.29, 1.82) is 0 Å². The van der Waals surface area contributed by atoms with Crippen LogP contribution in [-0.4, -0.2) is 34.0 Å². The van der Waals surface area contributed by atoms with E-state index in [0.29, 0.717) is 17.9 Å². The molecule has 3 aliphatic rings. The van der Waals surface area contributed by atoms with Gasteiger partial charge < -0.3 is 15.3 Å². The highest BCUT2D eigenvalue weighted by molar-refractivity contribution is 5.88. The Morgan fingerprint density at radius 2 is 2.11 bits per heavy atom. The average Bonchev–Trinajstić information content (AvgIpc) is 2.79. The second kappa shape index (κ2) is 3.83. The fraction of sp³-hybridized carbons (Fsp3) is 0.800. The quantitative estimate of drug-likeness (QED) is 0.706. The second-order valence-corrected chi connectivity index (χ2v) is 7.07. The van der Waals surface area contributed by atoms with E-state index in [0.717, 1.165) is 12.8 Å². The first kappa shape index (κ1) is 13.1. The standard InChI is InChI=1S/C15H22O4/c1-14(2)10-6-15(8(7-16)3-4-11(14)15)12(17)5-9(10)13(18)19/h5,8,10-12,16-17H,3-4,6-7H2,1-2H3,(H,18,19)/t8-,10-,11+,12+,15+/m1/s1. The maximum atomic E-state index is 11.4. The van der Waals surface area contributed by atoms with Crippen molar-refractivity contribution in [3.05, 3.63) is 11.6 Å². The van der Waals surface area contributed by atoms with Gasteiger partial charge in [0.15, 0.2) is 0 Å². The highest BCUT2D eigenvalue weighted by Crippen LogP contribution is 2.71. The molecule has 0 aliphatic heterocycles. The number of carboxylic acid groups (broad SMARTS) is 1. The third-order valence-corrected chi connectivity index (χ3v) is 6.30. The van der Waals surface area contributed by atoms with Crippen molar-refractivity contribution in [2.75, 3.05) is 6.61 Å². The van der Waals surface area contributed by atoms with Crippen LogP contribution >= 0.6 is 0 Å². The number of carboxylic acids is 1. The number of hydrogen-bond donors (Lipinski definition) is 3. The van der Waals surface area contributed by atoms with E-state index in [1.165, 1.54) is 0 Å². The van der Waals surface area contributed by atoms with Gasteiger partial charge in [0.1, 0.15) is 0 Å². The summed E-state index contributed by atoms with van der Waals surface area (Å²) in [6.45, 7) is 4.34. The van der Waals surface area contributed by atoms with E-state index in [-0.39, 0.29) is 29.3 Å². The first-order valence-electron chi connectivity index (χ1n) is 7.09. The van der Waals surface area contributed by atoms with Crippen molar-refractivity contribution in [2.45, 2.75) is 39.2 Å². The second-order valence-electron chi connectivity index (χ2n) is 7.07. The zero-order chi connectivity index (χ0) is 14.0. The summed E-state index contributed by atoms with van der Waals surface area (Å²) in [4.78, 5) is 11.4. The maximum absolute atomic E-state index is 11.4. The molecule has 2 bridgehead atoms. The number of aliphatic hydroxyl groups excluding tert-OH is 2. The fourth-order valence-corrected chi connectivity index (χ4v) is 5.42. The Morgan fingerprint density at radius 1 is 1.42 bits per heavy atom. The third kappa shape index (κ3) is 1.39. The minimum atomic E-state index is -0.910. The molecule has 0 saturated heterocycles. The molecule has 0 radical (unpaired) electrons. The van der Waals surface area contributed by atoms with Crippen molar-refractivity contribution >= 4 is 5.97 Å². The van der Waals surface area contributed by atoms with E-state index >= 15 is 0 Å². The predicted molar refractivity (Wildman–Crippen MR) is 69.3 cm³/mol. The number of aliphatic hydroxyl groups is 2. The predicted octanol–water partition coefficient (Wildman–Crippen LogP) is 1.42. The molecule has 0 heterocycles. The Morgan fingerprint density at radius 3 is 2.68 bits per heavy atom. The zero-order valence-electron chi connectivity index (χ0n) is 11.5. The minimum absolute atomic E-state index is 0.00671. The van der Waals surface area contributed by atoms with Crippen LogP contribution in [0, 0.1) is 28.6 Å². The number of fused-ring (bicyclic) bond motifs is 1. The molecule has 2 fully saturated rings. The van der Waals surface area contributed by atoms with Gasteiger partial charge in [0.25, 0.3) is 0 Å². The summed E-state index contributed by atoms with van der Waals surface area (Å²) in [5.74, 6) is -0.520. The Hall–Kier alpha value is -0.870. The van der Waals surface area contributed by atoms with Gasteiger partial charge >= 0.3 is 5.97 Å². The lowest BCUT2D eigenvalue weighted by atomic mass is 9.66. The molecule has 4 nitrogen and oxygen atoms in total. The monoisotopic (exact) mass is 266 g/mol. The van der Waals surface area contributed by atoms with Gasteiger partial charge in [-0.3, -0.25) is 0 Å². The van der Waals surface area contributed by atoms with Crippen molar-refractivity contribution in [2.24, 2.45) is 28.6 Å². The summed E-state index contributed by atoms with van der Waals surface area (Å²) in [5, 5.41) is 29.6. The van der Waals surface area contributed by atoms with Gasteiger partial charge in [0.2, 0.25) is 0 Å². The molecule has 3 rings (SSSR count). The summed E-state index contributed by atoms with van der Waals surface area (Å²) in [6, 6.07) is 0. The molecule has 19 heavy (non-hydrogen) atoms. The van der Waals surface area contributed by atoms with Crippen LogP contribution in [0.15, 0.2) is 11.6 Å². The van der Waals surface area contributed by atoms with Crippen LogP contribution in [0.1, 0.15) is 33.1 Å². The Labute approximate surface area is 113 Å². The topological polar surface area (TPSA) is 77.8 Å². The molecule has 3 N–H and O–H groups in total. The van der Waals surface area contributed by atoms with Crippen LogP contribution in [0.4, 0.5) is 0 Å². The Balaban J connectivity index is 2.13. The third-order valence-electron chi connectivity index (χ3n) is 6.30. The van der Waals surface area contributed by atoms with E-state index in [4.69, 9.17) is 0 Å². The lowest BCUT2D eigenvalue weighted by molar-refractivity contribution is -0.134. The van der Waals surface area contributed by atoms with Crippen LogP contribution in [-0.2, 0) is 4.79 Å². The van der Waals surface area contributed by atoms with Gasteiger partial charge in [0.05, 0.1) is 6.10 Å². The van der Waals surface area contributed by atoms with Crippen LogP contribution < -0.4 is 0 Å². The molecule has 5 atom stereocenters. The molecular formula is C15H22O4. The van der Waals surface area contributed by atoms with Gasteiger partial charge in [-0.25, -0.2) is 4.79 Å². The first-order valence-corrected chi connectivity index (χ1v) is 7.09. The smallest absolute Gasteiger partial charge is 0.331 e. The summed E-state index contributed by atoms with van der Waals surface area (Å²) in [5.41, 5.74) is -0.0535. The van der Waals surface area contributed by atoms with E-state index in [1.54, 1.807) is 6.08 Å². The number of aliphatic carboxylic acids is 1. The van der Waals surface area contributed by atoms with Gasteiger partial charge in [0, 0.05) is 17.6 Å². The maximum Gasteiger partial charge on any atom is 0.331 e. The molecule has 0 aromatic heterocycles. The largest absolute Gasteiger partial charge is 0.478 e. The summed E-state index contributed by atoms with van der Waals surface area (Å²) < 4.78 is 0. The molecule has 0 aromatic rings. The lowest BCUT2D eigenvalue weighted by Gasteiger charge is -2.41. The van der Waals surface area contributed by atoms with E-state index < -0.39 is 12.1 Å². The van der Waals surface area contributed by atoms with E-state index in [1.807, 2.05) is 0 Å². The van der Waals surface area contributed by atoms with Crippen molar-refractivity contribution < 1.29 is 20.1 Å². The zero-order valence-corrected chi connectivity index (χ0v) is 11.5. The van der Waals surface area contributed by atoms with Crippen molar-refractivity contribution in [1.82, 2.24) is 0 Å². The Bertz CT molecular complexity index is 453. The minimum Gasteiger partial charge on any atom is -0.478 e. The van der Waals surface area contributed by atoms with Crippen molar-refractivity contribution in [3.63, 3.8) is 0 Å². The fourth-order valence-electron chi connectivity index (χ4n) is 5.42. The first-order chi connectivity index (χ1) is 8.85. The molecular weight excluding hydrogens is 244 g/mol. The van der Waals surface area contributed by atoms with E-state index in [2.05, 4.69) is 13.8 Å². The molecule has 0 aromatic carbocycles. The lowest BCUT2D eigenvalue weighted by Crippen LogP contribution is -2.43. The highest BCUT2D eigenvalue weighted by Gasteiger charge is 2.68.